The summed E-state index contributed by atoms with van der Waals surface area (Å²) in [5.74, 6) is -0.808. The third-order valence-electron chi connectivity index (χ3n) is 4.75. The molecular formula is C16H21ClN2O2. The van der Waals surface area contributed by atoms with E-state index in [1.165, 1.54) is 0 Å². The Kier molecular flexibility index (Phi) is 4.36. The number of carbonyl (C=O) groups is 1. The summed E-state index contributed by atoms with van der Waals surface area (Å²) in [6.07, 6.45) is 2.89. The molecule has 1 saturated carbocycles. The van der Waals surface area contributed by atoms with E-state index in [9.17, 15) is 9.90 Å². The molecular weight excluding hydrogens is 288 g/mol. The molecule has 114 valence electrons. The van der Waals surface area contributed by atoms with Crippen molar-refractivity contribution in [2.45, 2.75) is 25.3 Å². The van der Waals surface area contributed by atoms with E-state index in [2.05, 4.69) is 15.9 Å². The average Bonchev–Trinajstić information content (AvgIpc) is 2.97. The zero-order valence-electron chi connectivity index (χ0n) is 12.0. The predicted molar refractivity (Wildman–Crippen MR) is 84.0 cm³/mol. The number of benzene rings is 1. The molecule has 1 aromatic rings. The highest BCUT2D eigenvalue weighted by Crippen LogP contribution is 2.31. The first-order chi connectivity index (χ1) is 10.1. The van der Waals surface area contributed by atoms with E-state index in [0.717, 1.165) is 56.2 Å². The van der Waals surface area contributed by atoms with Crippen LogP contribution < -0.4 is 4.90 Å². The van der Waals surface area contributed by atoms with Crippen LogP contribution in [0.1, 0.15) is 19.3 Å². The first kappa shape index (κ1) is 14.7. The highest BCUT2D eigenvalue weighted by molar-refractivity contribution is 6.30. The molecule has 0 amide bonds. The highest BCUT2D eigenvalue weighted by atomic mass is 35.5. The number of piperazine rings is 1. The number of nitrogens with zero attached hydrogens (tertiary/aromatic N) is 2. The first-order valence-electron chi connectivity index (χ1n) is 7.62. The van der Waals surface area contributed by atoms with Gasteiger partial charge in [-0.1, -0.05) is 24.1 Å². The van der Waals surface area contributed by atoms with Gasteiger partial charge >= 0.3 is 5.97 Å². The van der Waals surface area contributed by atoms with E-state index in [0.29, 0.717) is 0 Å². The molecule has 2 atom stereocenters. The SMILES string of the molecule is O=C(O)C1CCCC1N1CCN(c2cccc(Cl)c2)CC1. The molecule has 4 nitrogen and oxygen atoms in total. The zero-order valence-corrected chi connectivity index (χ0v) is 12.8. The van der Waals surface area contributed by atoms with Crippen LogP contribution in [-0.4, -0.2) is 48.2 Å². The lowest BCUT2D eigenvalue weighted by molar-refractivity contribution is -0.143. The van der Waals surface area contributed by atoms with E-state index in [4.69, 9.17) is 11.6 Å². The van der Waals surface area contributed by atoms with Crippen LogP contribution in [0.15, 0.2) is 24.3 Å². The molecule has 1 saturated heterocycles. The third-order valence-corrected chi connectivity index (χ3v) is 4.99. The Morgan fingerprint density at radius 2 is 1.95 bits per heavy atom. The van der Waals surface area contributed by atoms with Gasteiger partial charge in [0.25, 0.3) is 0 Å². The number of carboxylic acid groups (broad SMARTS) is 1. The lowest BCUT2D eigenvalue weighted by Gasteiger charge is -2.40. The van der Waals surface area contributed by atoms with Gasteiger partial charge in [0.15, 0.2) is 0 Å². The van der Waals surface area contributed by atoms with Crippen molar-refractivity contribution in [2.24, 2.45) is 5.92 Å². The average molecular weight is 309 g/mol. The summed E-state index contributed by atoms with van der Waals surface area (Å²) in [4.78, 5) is 16.0. The Hall–Kier alpha value is -1.26. The minimum Gasteiger partial charge on any atom is -0.481 e. The van der Waals surface area contributed by atoms with E-state index in [1.54, 1.807) is 0 Å². The second-order valence-electron chi connectivity index (χ2n) is 5.95. The number of carboxylic acids is 1. The number of aliphatic carboxylic acids is 1. The molecule has 1 aliphatic heterocycles. The van der Waals surface area contributed by atoms with Gasteiger partial charge in [-0.2, -0.15) is 0 Å². The standard InChI is InChI=1S/C16H21ClN2O2/c17-12-3-1-4-13(11-12)18-7-9-19(10-8-18)15-6-2-5-14(15)16(20)21/h1,3-4,11,14-15H,2,5-10H2,(H,20,21). The van der Waals surface area contributed by atoms with Gasteiger partial charge in [-0.15, -0.1) is 0 Å². The van der Waals surface area contributed by atoms with Crippen molar-refractivity contribution < 1.29 is 9.90 Å². The van der Waals surface area contributed by atoms with Crippen LogP contribution in [0.2, 0.25) is 5.02 Å². The molecule has 0 spiro atoms. The zero-order chi connectivity index (χ0) is 14.8. The van der Waals surface area contributed by atoms with E-state index in [-0.39, 0.29) is 12.0 Å². The fourth-order valence-electron chi connectivity index (χ4n) is 3.65. The van der Waals surface area contributed by atoms with Gasteiger partial charge in [-0.05, 0) is 31.0 Å². The lowest BCUT2D eigenvalue weighted by atomic mass is 10.0. The molecule has 1 heterocycles. The van der Waals surface area contributed by atoms with Gasteiger partial charge < -0.3 is 10.0 Å². The van der Waals surface area contributed by atoms with Gasteiger partial charge in [0.05, 0.1) is 5.92 Å². The summed E-state index contributed by atoms with van der Waals surface area (Å²) >= 11 is 6.05. The van der Waals surface area contributed by atoms with Crippen LogP contribution in [0.4, 0.5) is 5.69 Å². The number of rotatable bonds is 3. The summed E-state index contributed by atoms with van der Waals surface area (Å²) < 4.78 is 0. The molecule has 0 bridgehead atoms. The molecule has 1 aromatic carbocycles. The normalized spacial score (nSPS) is 27.0. The molecule has 0 aromatic heterocycles. The first-order valence-corrected chi connectivity index (χ1v) is 8.00. The van der Waals surface area contributed by atoms with Crippen molar-refractivity contribution in [2.75, 3.05) is 31.1 Å². The van der Waals surface area contributed by atoms with Crippen molar-refractivity contribution in [3.8, 4) is 0 Å². The van der Waals surface area contributed by atoms with E-state index in [1.807, 2.05) is 18.2 Å². The van der Waals surface area contributed by atoms with Gasteiger partial charge in [0, 0.05) is 42.9 Å². The van der Waals surface area contributed by atoms with Crippen LogP contribution in [0.5, 0.6) is 0 Å². The lowest BCUT2D eigenvalue weighted by Crippen LogP contribution is -2.52. The molecule has 5 heteroatoms. The summed E-state index contributed by atoms with van der Waals surface area (Å²) in [5.41, 5.74) is 1.16. The van der Waals surface area contributed by atoms with Crippen molar-refractivity contribution in [3.63, 3.8) is 0 Å². The van der Waals surface area contributed by atoms with Gasteiger partial charge in [0.1, 0.15) is 0 Å². The maximum absolute atomic E-state index is 11.3. The fraction of sp³-hybridized carbons (Fsp3) is 0.562. The van der Waals surface area contributed by atoms with Gasteiger partial charge in [0.2, 0.25) is 0 Å². The topological polar surface area (TPSA) is 43.8 Å². The van der Waals surface area contributed by atoms with Crippen molar-refractivity contribution in [1.29, 1.82) is 0 Å². The second kappa shape index (κ2) is 6.24. The molecule has 2 fully saturated rings. The van der Waals surface area contributed by atoms with Crippen LogP contribution in [0.3, 0.4) is 0 Å². The van der Waals surface area contributed by atoms with Gasteiger partial charge in [-0.3, -0.25) is 9.69 Å². The maximum atomic E-state index is 11.3. The van der Waals surface area contributed by atoms with Crippen LogP contribution in [0, 0.1) is 5.92 Å². The van der Waals surface area contributed by atoms with Crippen LogP contribution in [0.25, 0.3) is 0 Å². The second-order valence-corrected chi connectivity index (χ2v) is 6.38. The minimum atomic E-state index is -0.630. The minimum absolute atomic E-state index is 0.178. The number of hydrogen-bond acceptors (Lipinski definition) is 3. The van der Waals surface area contributed by atoms with Gasteiger partial charge in [-0.25, -0.2) is 0 Å². The third kappa shape index (κ3) is 3.16. The summed E-state index contributed by atoms with van der Waals surface area (Å²) in [5, 5.41) is 10.1. The summed E-state index contributed by atoms with van der Waals surface area (Å²) in [6.45, 7) is 3.73. The van der Waals surface area contributed by atoms with E-state index >= 15 is 0 Å². The predicted octanol–water partition coefficient (Wildman–Crippen LogP) is 2.72. The molecule has 1 N–H and O–H groups in total. The largest absolute Gasteiger partial charge is 0.481 e. The smallest absolute Gasteiger partial charge is 0.308 e. The quantitative estimate of drug-likeness (QED) is 0.932. The van der Waals surface area contributed by atoms with Crippen molar-refractivity contribution in [1.82, 2.24) is 4.90 Å². The fourth-order valence-corrected chi connectivity index (χ4v) is 3.83. The summed E-state index contributed by atoms with van der Waals surface area (Å²) in [6, 6.07) is 8.16. The molecule has 3 rings (SSSR count). The number of anilines is 1. The Morgan fingerprint density at radius 3 is 2.62 bits per heavy atom. The molecule has 2 unspecified atom stereocenters. The molecule has 1 aliphatic carbocycles. The number of halogens is 1. The molecule has 21 heavy (non-hydrogen) atoms. The van der Waals surface area contributed by atoms with Crippen LogP contribution >= 0.6 is 11.6 Å². The van der Waals surface area contributed by atoms with Crippen LogP contribution in [-0.2, 0) is 4.79 Å². The highest BCUT2D eigenvalue weighted by Gasteiger charge is 2.37. The van der Waals surface area contributed by atoms with Crippen molar-refractivity contribution >= 4 is 23.3 Å². The molecule has 2 aliphatic rings. The van der Waals surface area contributed by atoms with Crippen molar-refractivity contribution in [3.05, 3.63) is 29.3 Å². The van der Waals surface area contributed by atoms with E-state index < -0.39 is 5.97 Å². The Morgan fingerprint density at radius 1 is 1.19 bits per heavy atom. The number of hydrogen-bond donors (Lipinski definition) is 1. The Bertz CT molecular complexity index is 515. The Balaban J connectivity index is 1.61. The monoisotopic (exact) mass is 308 g/mol. The molecule has 0 radical (unpaired) electrons. The maximum Gasteiger partial charge on any atom is 0.308 e. The Labute approximate surface area is 130 Å². The summed E-state index contributed by atoms with van der Waals surface area (Å²) in [7, 11) is 0.